The third-order valence-corrected chi connectivity index (χ3v) is 17.1. The molecule has 6 N–H and O–H groups in total. The lowest BCUT2D eigenvalue weighted by Crippen LogP contribution is -2.24. The van der Waals surface area contributed by atoms with E-state index in [1.807, 2.05) is 0 Å². The van der Waals surface area contributed by atoms with Crippen LogP contribution in [0.15, 0.2) is 146 Å². The van der Waals surface area contributed by atoms with E-state index in [0.29, 0.717) is 0 Å². The Morgan fingerprint density at radius 1 is 0.235 bits per heavy atom. The Bertz CT molecular complexity index is 2770. The van der Waals surface area contributed by atoms with Gasteiger partial charge in [0.05, 0.1) is 11.8 Å². The van der Waals surface area contributed by atoms with Gasteiger partial charge in [0, 0.05) is 101 Å². The number of hydrogen-bond donors (Lipinski definition) is 6. The van der Waals surface area contributed by atoms with Crippen LogP contribution in [-0.2, 0) is 32.5 Å². The molecule has 6 aromatic heterocycles. The van der Waals surface area contributed by atoms with E-state index in [-0.39, 0.29) is 44.3 Å². The van der Waals surface area contributed by atoms with Crippen molar-refractivity contribution in [2.45, 2.75) is 127 Å². The van der Waals surface area contributed by atoms with Crippen molar-refractivity contribution >= 4 is 0 Å². The molecule has 3 aromatic carbocycles. The Balaban J connectivity index is 1.21. The second kappa shape index (κ2) is 14.9. The van der Waals surface area contributed by atoms with E-state index in [1.165, 1.54) is 67.5 Å². The fourth-order valence-electron chi connectivity index (χ4n) is 11.5. The van der Waals surface area contributed by atoms with Gasteiger partial charge in [-0.1, -0.05) is 156 Å². The summed E-state index contributed by atoms with van der Waals surface area (Å²) in [5.41, 5.74) is 19.6. The van der Waals surface area contributed by atoms with E-state index >= 15 is 0 Å². The zero-order valence-electron chi connectivity index (χ0n) is 42.0. The maximum atomic E-state index is 4.04. The number of benzene rings is 3. The highest BCUT2D eigenvalue weighted by Crippen LogP contribution is 2.45. The molecule has 68 heavy (non-hydrogen) atoms. The van der Waals surface area contributed by atoms with Gasteiger partial charge in [0.15, 0.2) is 0 Å². The van der Waals surface area contributed by atoms with Crippen molar-refractivity contribution < 1.29 is 0 Å². The molecule has 20 bridgehead atoms. The summed E-state index contributed by atoms with van der Waals surface area (Å²) in [5, 5.41) is 0. The second-order valence-electron chi connectivity index (χ2n) is 23.3. The molecule has 12 rings (SSSR count). The average molecular weight is 897 g/mol. The van der Waals surface area contributed by atoms with Gasteiger partial charge < -0.3 is 29.9 Å². The highest BCUT2D eigenvalue weighted by atomic mass is 14.9. The minimum absolute atomic E-state index is 0.111. The Morgan fingerprint density at radius 2 is 0.397 bits per heavy atom. The van der Waals surface area contributed by atoms with Gasteiger partial charge in [0.25, 0.3) is 0 Å². The van der Waals surface area contributed by atoms with Crippen LogP contribution >= 0.6 is 0 Å². The van der Waals surface area contributed by atoms with Crippen molar-refractivity contribution in [3.63, 3.8) is 0 Å². The van der Waals surface area contributed by atoms with E-state index in [4.69, 9.17) is 0 Å². The summed E-state index contributed by atoms with van der Waals surface area (Å²) >= 11 is 0. The fourth-order valence-corrected chi connectivity index (χ4v) is 11.5. The number of hydrogen-bond acceptors (Lipinski definition) is 0. The van der Waals surface area contributed by atoms with Gasteiger partial charge in [-0.15, -0.1) is 0 Å². The summed E-state index contributed by atoms with van der Waals surface area (Å²) in [6.07, 6.45) is 0. The van der Waals surface area contributed by atoms with Crippen LogP contribution in [0.4, 0.5) is 0 Å². The van der Waals surface area contributed by atoms with Crippen LogP contribution in [0.2, 0.25) is 0 Å². The fraction of sp³-hybridized carbons (Fsp3) is 0.323. The topological polar surface area (TPSA) is 94.7 Å². The summed E-state index contributed by atoms with van der Waals surface area (Å²) in [5.74, 6) is -0.221. The predicted molar refractivity (Wildman–Crippen MR) is 279 cm³/mol. The Morgan fingerprint density at radius 3 is 0.559 bits per heavy atom. The molecule has 0 spiro atoms. The molecule has 0 aliphatic carbocycles. The largest absolute Gasteiger partial charge is 0.361 e. The molecule has 3 aliphatic heterocycles. The number of aromatic amines is 6. The Kier molecular flexibility index (Phi) is 9.63. The van der Waals surface area contributed by atoms with Gasteiger partial charge in [-0.2, -0.15) is 0 Å². The van der Waals surface area contributed by atoms with E-state index in [0.717, 1.165) is 34.2 Å². The SMILES string of the molecule is CC1(C)c2cccc(c2)C(C)(C)c2ccc([nH]2)C2c3ccc([nH]3)C(C)(C)c3cccc(c3)C(C)(C)c3ccc([nH]3)C(c3ccc1[nH]3)c1ccc([nH]1)C(C)(C)c1cccc(c1)C(C)(C)c1ccc2[nH]1. The quantitative estimate of drug-likeness (QED) is 0.0875. The van der Waals surface area contributed by atoms with Crippen molar-refractivity contribution in [3.8, 4) is 0 Å². The Labute approximate surface area is 402 Å². The van der Waals surface area contributed by atoms with Gasteiger partial charge in [-0.05, 0) is 106 Å². The van der Waals surface area contributed by atoms with Crippen molar-refractivity contribution in [1.82, 2.24) is 29.9 Å². The van der Waals surface area contributed by atoms with E-state index in [9.17, 15) is 0 Å². The molecule has 0 atom stereocenters. The van der Waals surface area contributed by atoms with Gasteiger partial charge in [-0.25, -0.2) is 0 Å². The third-order valence-electron chi connectivity index (χ3n) is 17.1. The van der Waals surface area contributed by atoms with Crippen molar-refractivity contribution in [3.05, 3.63) is 247 Å². The van der Waals surface area contributed by atoms with Crippen LogP contribution in [0.25, 0.3) is 0 Å². The first-order valence-electron chi connectivity index (χ1n) is 24.7. The minimum atomic E-state index is -0.317. The van der Waals surface area contributed by atoms with Gasteiger partial charge >= 0.3 is 0 Å². The molecule has 9 heterocycles. The smallest absolute Gasteiger partial charge is 0.0791 e. The molecular formula is C62H68N6. The highest BCUT2D eigenvalue weighted by Gasteiger charge is 2.37. The molecular weight excluding hydrogens is 829 g/mol. The highest BCUT2D eigenvalue weighted by molar-refractivity contribution is 5.51. The number of H-pyrrole nitrogens is 6. The molecule has 9 aromatic rings. The van der Waals surface area contributed by atoms with E-state index in [1.54, 1.807) is 0 Å². The molecule has 0 unspecified atom stereocenters. The molecule has 0 saturated heterocycles. The van der Waals surface area contributed by atoms with Crippen LogP contribution in [0.1, 0.15) is 197 Å². The lowest BCUT2D eigenvalue weighted by molar-refractivity contribution is 0.589. The first-order chi connectivity index (χ1) is 32.2. The molecule has 6 nitrogen and oxygen atoms in total. The zero-order chi connectivity index (χ0) is 47.8. The molecule has 6 heteroatoms. The van der Waals surface area contributed by atoms with Gasteiger partial charge in [0.2, 0.25) is 0 Å². The number of nitrogens with one attached hydrogen (secondary N) is 6. The van der Waals surface area contributed by atoms with Crippen LogP contribution in [0.5, 0.6) is 0 Å². The first kappa shape index (κ1) is 43.9. The summed E-state index contributed by atoms with van der Waals surface area (Å²) < 4.78 is 0. The van der Waals surface area contributed by atoms with Crippen molar-refractivity contribution in [2.75, 3.05) is 0 Å². The van der Waals surface area contributed by atoms with Gasteiger partial charge in [0.1, 0.15) is 0 Å². The molecule has 0 saturated carbocycles. The Hall–Kier alpha value is -6.66. The third kappa shape index (κ3) is 6.72. The summed E-state index contributed by atoms with van der Waals surface area (Å²) in [4.78, 5) is 24.2. The molecule has 3 aliphatic rings. The number of aromatic nitrogens is 6. The monoisotopic (exact) mass is 897 g/mol. The zero-order valence-corrected chi connectivity index (χ0v) is 42.0. The maximum Gasteiger partial charge on any atom is 0.0791 e. The van der Waals surface area contributed by atoms with Crippen LogP contribution < -0.4 is 0 Å². The minimum Gasteiger partial charge on any atom is -0.361 e. The van der Waals surface area contributed by atoms with Crippen LogP contribution in [-0.4, -0.2) is 29.9 Å². The van der Waals surface area contributed by atoms with Crippen LogP contribution in [0.3, 0.4) is 0 Å². The van der Waals surface area contributed by atoms with E-state index in [2.05, 4.69) is 259 Å². The first-order valence-corrected chi connectivity index (χ1v) is 24.7. The second-order valence-corrected chi connectivity index (χ2v) is 23.3. The van der Waals surface area contributed by atoms with Crippen LogP contribution in [0, 0.1) is 0 Å². The molecule has 346 valence electrons. The van der Waals surface area contributed by atoms with Crippen molar-refractivity contribution in [2.24, 2.45) is 0 Å². The maximum absolute atomic E-state index is 4.04. The lowest BCUT2D eigenvalue weighted by Gasteiger charge is -2.30. The number of rotatable bonds is 0. The lowest BCUT2D eigenvalue weighted by atomic mass is 9.76. The normalized spacial score (nSPS) is 20.5. The predicted octanol–water partition coefficient (Wildman–Crippen LogP) is 14.6. The molecule has 0 radical (unpaired) electrons. The standard InChI is InChI=1S/C62H68N6/c1-57(2)37-16-13-17-38(34-37)58(3,4)50-29-25-46(66-50)56-47-26-32-53(67-47)61(9,10)41-20-14-18-39(35-41)59(5,6)51-30-23-44(64-51)55(43-22-28-49(57)63-43)45-24-31-52(65-45)60(7,8)40-19-15-21-42(36-40)62(11,12)54-33-27-48(56)68-54/h13-36,55-56,63-68H,1-12H3. The molecule has 0 amide bonds. The van der Waals surface area contributed by atoms with E-state index < -0.39 is 0 Å². The summed E-state index contributed by atoms with van der Waals surface area (Å²) in [7, 11) is 0. The van der Waals surface area contributed by atoms with Gasteiger partial charge in [-0.3, -0.25) is 0 Å². The average Bonchev–Trinajstić information content (AvgIpc) is 4.18. The summed E-state index contributed by atoms with van der Waals surface area (Å²) in [6.45, 7) is 28.2. The summed E-state index contributed by atoms with van der Waals surface area (Å²) in [6, 6.07) is 55.4. The van der Waals surface area contributed by atoms with Crippen molar-refractivity contribution in [1.29, 1.82) is 0 Å². The molecule has 0 fully saturated rings.